The minimum Gasteiger partial charge on any atom is -0.399 e. The Bertz CT molecular complexity index is 327. The monoisotopic (exact) mass is 206 g/mol. The van der Waals surface area contributed by atoms with E-state index < -0.39 is 0 Å². The number of nitrogen functional groups attached to an aromatic ring is 1. The van der Waals surface area contributed by atoms with Crippen molar-refractivity contribution in [2.45, 2.75) is 25.4 Å². The summed E-state index contributed by atoms with van der Waals surface area (Å²) in [6, 6.07) is 8.31. The molecule has 0 spiro atoms. The van der Waals surface area contributed by atoms with Gasteiger partial charge in [-0.2, -0.15) is 0 Å². The van der Waals surface area contributed by atoms with E-state index in [-0.39, 0.29) is 6.61 Å². The van der Waals surface area contributed by atoms with Crippen molar-refractivity contribution in [1.29, 1.82) is 0 Å². The van der Waals surface area contributed by atoms with Crippen LogP contribution in [0.15, 0.2) is 24.3 Å². The number of likely N-dealkylation sites (tertiary alicyclic amines) is 1. The van der Waals surface area contributed by atoms with Crippen LogP contribution in [0.1, 0.15) is 18.4 Å². The molecule has 0 saturated carbocycles. The van der Waals surface area contributed by atoms with Crippen LogP contribution in [0, 0.1) is 0 Å². The van der Waals surface area contributed by atoms with Crippen LogP contribution < -0.4 is 5.73 Å². The van der Waals surface area contributed by atoms with Gasteiger partial charge in [-0.05, 0) is 37.1 Å². The normalized spacial score (nSPS) is 22.1. The molecule has 0 aliphatic carbocycles. The van der Waals surface area contributed by atoms with Gasteiger partial charge in [0, 0.05) is 18.3 Å². The second-order valence-corrected chi connectivity index (χ2v) is 4.19. The largest absolute Gasteiger partial charge is 0.399 e. The van der Waals surface area contributed by atoms with Crippen molar-refractivity contribution in [2.75, 3.05) is 18.9 Å². The van der Waals surface area contributed by atoms with Crippen LogP contribution in [-0.2, 0) is 6.54 Å². The number of nitrogens with zero attached hydrogens (tertiary/aromatic N) is 1. The van der Waals surface area contributed by atoms with E-state index in [2.05, 4.69) is 11.0 Å². The third-order valence-electron chi connectivity index (χ3n) is 3.05. The van der Waals surface area contributed by atoms with Crippen LogP contribution in [0.4, 0.5) is 5.69 Å². The van der Waals surface area contributed by atoms with Crippen LogP contribution in [0.3, 0.4) is 0 Å². The number of hydrogen-bond donors (Lipinski definition) is 2. The van der Waals surface area contributed by atoms with Crippen molar-refractivity contribution in [2.24, 2.45) is 0 Å². The average Bonchev–Trinajstić information content (AvgIpc) is 2.65. The maximum absolute atomic E-state index is 9.20. The molecule has 2 rings (SSSR count). The van der Waals surface area contributed by atoms with Crippen molar-refractivity contribution in [3.8, 4) is 0 Å². The highest BCUT2D eigenvalue weighted by atomic mass is 16.3. The van der Waals surface area contributed by atoms with E-state index >= 15 is 0 Å². The van der Waals surface area contributed by atoms with Gasteiger partial charge in [0.05, 0.1) is 6.61 Å². The highest BCUT2D eigenvalue weighted by molar-refractivity contribution is 5.40. The smallest absolute Gasteiger partial charge is 0.0587 e. The molecule has 82 valence electrons. The molecule has 3 heteroatoms. The lowest BCUT2D eigenvalue weighted by Gasteiger charge is -2.22. The van der Waals surface area contributed by atoms with Gasteiger partial charge in [0.2, 0.25) is 0 Å². The zero-order chi connectivity index (χ0) is 10.7. The van der Waals surface area contributed by atoms with E-state index in [0.29, 0.717) is 6.04 Å². The fourth-order valence-corrected chi connectivity index (χ4v) is 2.24. The number of rotatable bonds is 3. The van der Waals surface area contributed by atoms with Crippen molar-refractivity contribution in [3.05, 3.63) is 29.8 Å². The van der Waals surface area contributed by atoms with Gasteiger partial charge in [-0.25, -0.2) is 0 Å². The lowest BCUT2D eigenvalue weighted by Crippen LogP contribution is -2.31. The summed E-state index contributed by atoms with van der Waals surface area (Å²) in [5.74, 6) is 0. The summed E-state index contributed by atoms with van der Waals surface area (Å²) in [5, 5.41) is 9.20. The van der Waals surface area contributed by atoms with Crippen LogP contribution in [0.25, 0.3) is 0 Å². The van der Waals surface area contributed by atoms with Gasteiger partial charge in [-0.15, -0.1) is 0 Å². The molecule has 15 heavy (non-hydrogen) atoms. The van der Waals surface area contributed by atoms with Gasteiger partial charge in [-0.1, -0.05) is 12.1 Å². The molecular formula is C12H18N2O. The number of benzene rings is 1. The first kappa shape index (κ1) is 10.5. The fourth-order valence-electron chi connectivity index (χ4n) is 2.24. The van der Waals surface area contributed by atoms with Crippen LogP contribution in [0.5, 0.6) is 0 Å². The molecule has 0 unspecified atom stereocenters. The Balaban J connectivity index is 2.02. The first-order valence-electron chi connectivity index (χ1n) is 5.49. The Kier molecular flexibility index (Phi) is 3.23. The summed E-state index contributed by atoms with van der Waals surface area (Å²) in [6.45, 7) is 2.25. The minimum absolute atomic E-state index is 0.266. The molecule has 1 saturated heterocycles. The molecule has 1 aromatic rings. The highest BCUT2D eigenvalue weighted by Gasteiger charge is 2.23. The Morgan fingerprint density at radius 3 is 3.07 bits per heavy atom. The van der Waals surface area contributed by atoms with Crippen LogP contribution in [-0.4, -0.2) is 29.2 Å². The molecule has 1 atom stereocenters. The van der Waals surface area contributed by atoms with E-state index in [1.807, 2.05) is 18.2 Å². The minimum atomic E-state index is 0.266. The average molecular weight is 206 g/mol. The van der Waals surface area contributed by atoms with Crippen LogP contribution in [0.2, 0.25) is 0 Å². The number of anilines is 1. The topological polar surface area (TPSA) is 49.5 Å². The fraction of sp³-hybridized carbons (Fsp3) is 0.500. The number of aliphatic hydroxyl groups excluding tert-OH is 1. The molecule has 1 aromatic carbocycles. The molecule has 3 nitrogen and oxygen atoms in total. The Labute approximate surface area is 90.5 Å². The summed E-state index contributed by atoms with van der Waals surface area (Å²) in [4.78, 5) is 2.33. The van der Waals surface area contributed by atoms with Crippen molar-refractivity contribution in [1.82, 2.24) is 4.90 Å². The van der Waals surface area contributed by atoms with E-state index in [0.717, 1.165) is 25.2 Å². The number of nitrogens with two attached hydrogens (primary N) is 1. The zero-order valence-electron chi connectivity index (χ0n) is 8.89. The Hall–Kier alpha value is -1.06. The Morgan fingerprint density at radius 1 is 1.47 bits per heavy atom. The summed E-state index contributed by atoms with van der Waals surface area (Å²) in [6.07, 6.45) is 2.30. The molecule has 3 N–H and O–H groups in total. The zero-order valence-corrected chi connectivity index (χ0v) is 8.89. The molecule has 1 aliphatic heterocycles. The molecule has 0 radical (unpaired) electrons. The molecule has 0 aromatic heterocycles. The molecule has 1 heterocycles. The standard InChI is InChI=1S/C12H18N2O/c13-11-4-1-3-10(7-11)8-14-6-2-5-12(14)9-15/h1,3-4,7,12,15H,2,5-6,8-9,13H2/t12-/m0/s1. The summed E-state index contributed by atoms with van der Waals surface area (Å²) in [7, 11) is 0. The van der Waals surface area contributed by atoms with Gasteiger partial charge >= 0.3 is 0 Å². The van der Waals surface area contributed by atoms with E-state index in [1.54, 1.807) is 0 Å². The summed E-state index contributed by atoms with van der Waals surface area (Å²) in [5.41, 5.74) is 7.78. The summed E-state index contributed by atoms with van der Waals surface area (Å²) >= 11 is 0. The summed E-state index contributed by atoms with van der Waals surface area (Å²) < 4.78 is 0. The molecule has 0 bridgehead atoms. The van der Waals surface area contributed by atoms with Crippen molar-refractivity contribution < 1.29 is 5.11 Å². The number of hydrogen-bond acceptors (Lipinski definition) is 3. The second kappa shape index (κ2) is 4.64. The number of aliphatic hydroxyl groups is 1. The third-order valence-corrected chi connectivity index (χ3v) is 3.05. The predicted molar refractivity (Wildman–Crippen MR) is 61.4 cm³/mol. The van der Waals surface area contributed by atoms with Crippen molar-refractivity contribution >= 4 is 5.69 Å². The molecule has 1 fully saturated rings. The van der Waals surface area contributed by atoms with E-state index in [4.69, 9.17) is 5.73 Å². The van der Waals surface area contributed by atoms with Gasteiger partial charge in [0.1, 0.15) is 0 Å². The lowest BCUT2D eigenvalue weighted by molar-refractivity contribution is 0.153. The van der Waals surface area contributed by atoms with Gasteiger partial charge in [0.15, 0.2) is 0 Å². The van der Waals surface area contributed by atoms with E-state index in [9.17, 15) is 5.11 Å². The maximum Gasteiger partial charge on any atom is 0.0587 e. The first-order valence-corrected chi connectivity index (χ1v) is 5.49. The lowest BCUT2D eigenvalue weighted by atomic mass is 10.1. The van der Waals surface area contributed by atoms with Crippen molar-refractivity contribution in [3.63, 3.8) is 0 Å². The molecular weight excluding hydrogens is 188 g/mol. The first-order chi connectivity index (χ1) is 7.29. The third kappa shape index (κ3) is 2.49. The second-order valence-electron chi connectivity index (χ2n) is 4.19. The van der Waals surface area contributed by atoms with Gasteiger partial charge in [0.25, 0.3) is 0 Å². The van der Waals surface area contributed by atoms with Gasteiger partial charge in [-0.3, -0.25) is 4.90 Å². The van der Waals surface area contributed by atoms with E-state index in [1.165, 1.54) is 12.0 Å². The molecule has 1 aliphatic rings. The predicted octanol–water partition coefficient (Wildman–Crippen LogP) is 1.23. The molecule has 0 amide bonds. The quantitative estimate of drug-likeness (QED) is 0.731. The maximum atomic E-state index is 9.20. The SMILES string of the molecule is Nc1cccc(CN2CCC[C@H]2CO)c1. The van der Waals surface area contributed by atoms with Gasteiger partial charge < -0.3 is 10.8 Å². The highest BCUT2D eigenvalue weighted by Crippen LogP contribution is 2.20. The Morgan fingerprint density at radius 2 is 2.33 bits per heavy atom. The van der Waals surface area contributed by atoms with Crippen LogP contribution >= 0.6 is 0 Å².